The summed E-state index contributed by atoms with van der Waals surface area (Å²) in [6, 6.07) is 5.17. The van der Waals surface area contributed by atoms with Crippen LogP contribution in [0.5, 0.6) is 5.75 Å². The van der Waals surface area contributed by atoms with Gasteiger partial charge in [-0.1, -0.05) is 23.8 Å². The van der Waals surface area contributed by atoms with Crippen LogP contribution in [0.3, 0.4) is 0 Å². The molecular weight excluding hydrogens is 246 g/mol. The minimum atomic E-state index is 0.295. The normalized spacial score (nSPS) is 10.1. The van der Waals surface area contributed by atoms with E-state index in [1.807, 2.05) is 6.92 Å². The van der Waals surface area contributed by atoms with Crippen molar-refractivity contribution in [2.75, 3.05) is 19.8 Å². The zero-order chi connectivity index (χ0) is 12.0. The van der Waals surface area contributed by atoms with Gasteiger partial charge in [0, 0.05) is 11.6 Å². The number of hydrogen-bond acceptors (Lipinski definition) is 3. The monoisotopic (exact) mass is 259 g/mol. The first-order chi connectivity index (χ1) is 7.65. The molecule has 0 aromatic heterocycles. The second-order valence-corrected chi connectivity index (χ2v) is 3.93. The number of halogens is 1. The summed E-state index contributed by atoms with van der Waals surface area (Å²) in [5.41, 5.74) is 6.26. The molecule has 0 fully saturated rings. The van der Waals surface area contributed by atoms with Crippen molar-refractivity contribution in [2.45, 2.75) is 6.92 Å². The Morgan fingerprint density at radius 1 is 1.44 bits per heavy atom. The van der Waals surface area contributed by atoms with E-state index in [9.17, 15) is 0 Å². The molecule has 0 bridgehead atoms. The molecule has 0 radical (unpaired) electrons. The number of thiocarbonyl (C=S) groups is 1. The topological polar surface area (TPSA) is 44.5 Å². The Balaban J connectivity index is 2.68. The molecule has 1 rings (SSSR count). The number of nitrogens with two attached hydrogens (primary N) is 1. The van der Waals surface area contributed by atoms with Crippen LogP contribution in [0.1, 0.15) is 12.5 Å². The molecular formula is C11H14ClNO2S. The van der Waals surface area contributed by atoms with E-state index < -0.39 is 0 Å². The van der Waals surface area contributed by atoms with Gasteiger partial charge < -0.3 is 15.2 Å². The summed E-state index contributed by atoms with van der Waals surface area (Å²) >= 11 is 10.8. The SMILES string of the molecule is CCOCCOc1cc(Cl)ccc1C(N)=S. The first-order valence-corrected chi connectivity index (χ1v) is 5.73. The van der Waals surface area contributed by atoms with Crippen LogP contribution in [0, 0.1) is 0 Å². The molecule has 1 aromatic rings. The fraction of sp³-hybridized carbons (Fsp3) is 0.364. The summed E-state index contributed by atoms with van der Waals surface area (Å²) in [5.74, 6) is 0.597. The van der Waals surface area contributed by atoms with Crippen molar-refractivity contribution >= 4 is 28.8 Å². The molecule has 0 aliphatic rings. The Labute approximate surface area is 105 Å². The zero-order valence-corrected chi connectivity index (χ0v) is 10.6. The van der Waals surface area contributed by atoms with Crippen LogP contribution in [0.25, 0.3) is 0 Å². The van der Waals surface area contributed by atoms with E-state index in [1.165, 1.54) is 0 Å². The van der Waals surface area contributed by atoms with Gasteiger partial charge in [-0.2, -0.15) is 0 Å². The predicted octanol–water partition coefficient (Wildman–Crippen LogP) is 2.39. The Morgan fingerprint density at radius 3 is 2.81 bits per heavy atom. The van der Waals surface area contributed by atoms with Gasteiger partial charge in [-0.25, -0.2) is 0 Å². The molecule has 3 nitrogen and oxygen atoms in total. The fourth-order valence-electron chi connectivity index (χ4n) is 1.17. The molecule has 0 aliphatic carbocycles. The Hall–Kier alpha value is -0.840. The number of rotatable bonds is 6. The number of benzene rings is 1. The van der Waals surface area contributed by atoms with Gasteiger partial charge in [-0.15, -0.1) is 0 Å². The van der Waals surface area contributed by atoms with Crippen LogP contribution in [-0.2, 0) is 4.74 Å². The molecule has 0 aliphatic heterocycles. The fourth-order valence-corrected chi connectivity index (χ4v) is 1.50. The minimum Gasteiger partial charge on any atom is -0.490 e. The molecule has 0 spiro atoms. The third-order valence-corrected chi connectivity index (χ3v) is 2.35. The number of ether oxygens (including phenoxy) is 2. The van der Waals surface area contributed by atoms with Gasteiger partial charge in [0.1, 0.15) is 17.3 Å². The van der Waals surface area contributed by atoms with Crippen LogP contribution in [0.4, 0.5) is 0 Å². The van der Waals surface area contributed by atoms with Crippen molar-refractivity contribution in [1.29, 1.82) is 0 Å². The van der Waals surface area contributed by atoms with Gasteiger partial charge in [-0.3, -0.25) is 0 Å². The summed E-state index contributed by atoms with van der Waals surface area (Å²) in [6.45, 7) is 3.57. The Morgan fingerprint density at radius 2 is 2.19 bits per heavy atom. The second-order valence-electron chi connectivity index (χ2n) is 3.05. The van der Waals surface area contributed by atoms with Crippen LogP contribution in [0.2, 0.25) is 5.02 Å². The molecule has 5 heteroatoms. The lowest BCUT2D eigenvalue weighted by Crippen LogP contribution is -2.13. The Kier molecular flexibility index (Phi) is 5.52. The maximum absolute atomic E-state index is 5.87. The maximum Gasteiger partial charge on any atom is 0.131 e. The molecule has 0 atom stereocenters. The highest BCUT2D eigenvalue weighted by atomic mass is 35.5. The second kappa shape index (κ2) is 6.68. The van der Waals surface area contributed by atoms with Crippen LogP contribution in [-0.4, -0.2) is 24.8 Å². The zero-order valence-electron chi connectivity index (χ0n) is 9.03. The first-order valence-electron chi connectivity index (χ1n) is 4.95. The molecule has 16 heavy (non-hydrogen) atoms. The molecule has 0 heterocycles. The standard InChI is InChI=1S/C11H14ClNO2S/c1-2-14-5-6-15-10-7-8(12)3-4-9(10)11(13)16/h3-4,7H,2,5-6H2,1H3,(H2,13,16). The van der Waals surface area contributed by atoms with Crippen molar-refractivity contribution in [3.63, 3.8) is 0 Å². The maximum atomic E-state index is 5.87. The van der Waals surface area contributed by atoms with Gasteiger partial charge in [0.25, 0.3) is 0 Å². The summed E-state index contributed by atoms with van der Waals surface area (Å²) in [5, 5.41) is 0.589. The van der Waals surface area contributed by atoms with Crippen molar-refractivity contribution < 1.29 is 9.47 Å². The molecule has 0 amide bonds. The molecule has 0 unspecified atom stereocenters. The third-order valence-electron chi connectivity index (χ3n) is 1.90. The van der Waals surface area contributed by atoms with Crippen molar-refractivity contribution in [3.8, 4) is 5.75 Å². The molecule has 1 aromatic carbocycles. The Bertz CT molecular complexity index is 371. The minimum absolute atomic E-state index is 0.295. The summed E-state index contributed by atoms with van der Waals surface area (Å²) in [6.07, 6.45) is 0. The molecule has 0 saturated carbocycles. The predicted molar refractivity (Wildman–Crippen MR) is 69.3 cm³/mol. The van der Waals surface area contributed by atoms with Crippen LogP contribution < -0.4 is 10.5 Å². The van der Waals surface area contributed by atoms with Gasteiger partial charge >= 0.3 is 0 Å². The number of hydrogen-bond donors (Lipinski definition) is 1. The van der Waals surface area contributed by atoms with E-state index in [1.54, 1.807) is 18.2 Å². The lowest BCUT2D eigenvalue weighted by molar-refractivity contribution is 0.110. The average molecular weight is 260 g/mol. The van der Waals surface area contributed by atoms with Crippen molar-refractivity contribution in [3.05, 3.63) is 28.8 Å². The molecule has 0 saturated heterocycles. The summed E-state index contributed by atoms with van der Waals surface area (Å²) in [7, 11) is 0. The molecule has 88 valence electrons. The lowest BCUT2D eigenvalue weighted by Gasteiger charge is -2.10. The summed E-state index contributed by atoms with van der Waals surface area (Å²) < 4.78 is 10.7. The highest BCUT2D eigenvalue weighted by Crippen LogP contribution is 2.23. The van der Waals surface area contributed by atoms with Crippen molar-refractivity contribution in [2.24, 2.45) is 5.73 Å². The highest BCUT2D eigenvalue weighted by Gasteiger charge is 2.07. The highest BCUT2D eigenvalue weighted by molar-refractivity contribution is 7.80. The van der Waals surface area contributed by atoms with E-state index in [0.717, 1.165) is 0 Å². The lowest BCUT2D eigenvalue weighted by atomic mass is 10.2. The third kappa shape index (κ3) is 3.96. The van der Waals surface area contributed by atoms with Crippen molar-refractivity contribution in [1.82, 2.24) is 0 Å². The van der Waals surface area contributed by atoms with Gasteiger partial charge in [0.2, 0.25) is 0 Å². The van der Waals surface area contributed by atoms with Crippen LogP contribution >= 0.6 is 23.8 Å². The first kappa shape index (κ1) is 13.2. The van der Waals surface area contributed by atoms with E-state index in [0.29, 0.717) is 41.1 Å². The van der Waals surface area contributed by atoms with E-state index in [4.69, 9.17) is 39.0 Å². The van der Waals surface area contributed by atoms with E-state index >= 15 is 0 Å². The summed E-state index contributed by atoms with van der Waals surface area (Å²) in [4.78, 5) is 0.295. The van der Waals surface area contributed by atoms with Crippen LogP contribution in [0.15, 0.2) is 18.2 Å². The largest absolute Gasteiger partial charge is 0.490 e. The smallest absolute Gasteiger partial charge is 0.131 e. The molecule has 2 N–H and O–H groups in total. The van der Waals surface area contributed by atoms with E-state index in [2.05, 4.69) is 0 Å². The van der Waals surface area contributed by atoms with Gasteiger partial charge in [-0.05, 0) is 25.1 Å². The van der Waals surface area contributed by atoms with Gasteiger partial charge in [0.15, 0.2) is 0 Å². The quantitative estimate of drug-likeness (QED) is 0.629. The average Bonchev–Trinajstić information content (AvgIpc) is 2.24. The van der Waals surface area contributed by atoms with E-state index in [-0.39, 0.29) is 0 Å². The van der Waals surface area contributed by atoms with Gasteiger partial charge in [0.05, 0.1) is 12.2 Å².